The van der Waals surface area contributed by atoms with Crippen LogP contribution in [-0.2, 0) is 5.41 Å². The van der Waals surface area contributed by atoms with E-state index in [2.05, 4.69) is 171 Å². The first kappa shape index (κ1) is 25.1. The normalized spacial score (nSPS) is 13.0. The minimum absolute atomic E-state index is 0.00271. The van der Waals surface area contributed by atoms with Crippen molar-refractivity contribution in [1.82, 2.24) is 0 Å². The monoisotopic (exact) mass is 527 g/mol. The average molecular weight is 528 g/mol. The number of fused-ring (bicyclic) bond motifs is 3. The lowest BCUT2D eigenvalue weighted by atomic mass is 9.82. The number of nitrogens with zero attached hydrogens (tertiary/aromatic N) is 1. The molecule has 0 aromatic heterocycles. The minimum Gasteiger partial charge on any atom is -0.345 e. The van der Waals surface area contributed by atoms with Crippen molar-refractivity contribution in [2.75, 3.05) is 11.9 Å². The molecule has 0 unspecified atom stereocenters. The Morgan fingerprint density at radius 2 is 0.805 bits per heavy atom. The summed E-state index contributed by atoms with van der Waals surface area (Å²) in [4.78, 5) is 2.28. The van der Waals surface area contributed by atoms with E-state index < -0.39 is 0 Å². The second-order valence-electron chi connectivity index (χ2n) is 11.5. The lowest BCUT2D eigenvalue weighted by Gasteiger charge is -2.25. The largest absolute Gasteiger partial charge is 0.345 e. The van der Waals surface area contributed by atoms with Crippen LogP contribution in [0.2, 0.25) is 0 Å². The highest BCUT2D eigenvalue weighted by Gasteiger charge is 2.35. The van der Waals surface area contributed by atoms with Crippen LogP contribution in [0.5, 0.6) is 0 Å². The molecule has 1 aliphatic carbocycles. The molecule has 0 atom stereocenters. The minimum atomic E-state index is 0.00271. The van der Waals surface area contributed by atoms with Crippen molar-refractivity contribution < 1.29 is 0 Å². The molecule has 1 heteroatoms. The van der Waals surface area contributed by atoms with Crippen molar-refractivity contribution in [2.24, 2.45) is 0 Å². The Morgan fingerprint density at radius 3 is 1.37 bits per heavy atom. The van der Waals surface area contributed by atoms with E-state index in [4.69, 9.17) is 0 Å². The maximum absolute atomic E-state index is 2.37. The number of hydrogen-bond acceptors (Lipinski definition) is 1. The zero-order valence-electron chi connectivity index (χ0n) is 23.8. The van der Waals surface area contributed by atoms with Crippen LogP contribution in [0.3, 0.4) is 0 Å². The van der Waals surface area contributed by atoms with Gasteiger partial charge in [0.15, 0.2) is 0 Å². The molecule has 0 bridgehead atoms. The first-order chi connectivity index (χ1) is 20.0. The second-order valence-corrected chi connectivity index (χ2v) is 11.5. The average Bonchev–Trinajstić information content (AvgIpc) is 3.27. The third-order valence-electron chi connectivity index (χ3n) is 8.75. The fraction of sp³-hybridized carbons (Fsp3) is 0.100. The summed E-state index contributed by atoms with van der Waals surface area (Å²) in [5.41, 5.74) is 15.3. The van der Waals surface area contributed by atoms with E-state index in [0.29, 0.717) is 0 Å². The van der Waals surface area contributed by atoms with Crippen LogP contribution in [0.15, 0.2) is 146 Å². The Bertz CT molecular complexity index is 1830. The molecule has 0 heterocycles. The Morgan fingerprint density at radius 1 is 0.390 bits per heavy atom. The molecular formula is C40H33N. The van der Waals surface area contributed by atoms with Gasteiger partial charge in [0.2, 0.25) is 0 Å². The number of hydrogen-bond donors (Lipinski definition) is 0. The molecule has 7 rings (SSSR count). The lowest BCUT2D eigenvalue weighted by Crippen LogP contribution is -2.16. The van der Waals surface area contributed by atoms with Gasteiger partial charge >= 0.3 is 0 Å². The van der Waals surface area contributed by atoms with E-state index in [1.165, 1.54) is 67.0 Å². The molecule has 0 aliphatic heterocycles. The topological polar surface area (TPSA) is 3.24 Å². The zero-order chi connectivity index (χ0) is 28.0. The molecule has 1 aliphatic rings. The van der Waals surface area contributed by atoms with Crippen molar-refractivity contribution in [2.45, 2.75) is 19.3 Å². The Hall–Kier alpha value is -4.88. The smallest absolute Gasteiger partial charge is 0.0411 e. The molecule has 41 heavy (non-hydrogen) atoms. The van der Waals surface area contributed by atoms with Crippen LogP contribution in [0.4, 0.5) is 11.4 Å². The van der Waals surface area contributed by atoms with Crippen LogP contribution < -0.4 is 4.90 Å². The molecule has 0 saturated carbocycles. The Kier molecular flexibility index (Phi) is 6.09. The van der Waals surface area contributed by atoms with Gasteiger partial charge in [-0.15, -0.1) is 0 Å². The summed E-state index contributed by atoms with van der Waals surface area (Å²) in [6.07, 6.45) is 0. The van der Waals surface area contributed by atoms with Crippen molar-refractivity contribution in [3.63, 3.8) is 0 Å². The van der Waals surface area contributed by atoms with Gasteiger partial charge in [-0.25, -0.2) is 0 Å². The van der Waals surface area contributed by atoms with Gasteiger partial charge in [0.05, 0.1) is 0 Å². The van der Waals surface area contributed by atoms with Crippen LogP contribution in [-0.4, -0.2) is 7.05 Å². The molecular weight excluding hydrogens is 494 g/mol. The van der Waals surface area contributed by atoms with E-state index in [0.717, 1.165) is 0 Å². The van der Waals surface area contributed by atoms with Gasteiger partial charge in [-0.05, 0) is 79.9 Å². The summed E-state index contributed by atoms with van der Waals surface area (Å²) in [6.45, 7) is 4.67. The predicted molar refractivity (Wildman–Crippen MR) is 175 cm³/mol. The third kappa shape index (κ3) is 4.44. The van der Waals surface area contributed by atoms with E-state index >= 15 is 0 Å². The molecule has 0 N–H and O–H groups in total. The lowest BCUT2D eigenvalue weighted by molar-refractivity contribution is 0.660. The maximum atomic E-state index is 2.37. The van der Waals surface area contributed by atoms with Gasteiger partial charge in [0.1, 0.15) is 0 Å². The fourth-order valence-corrected chi connectivity index (χ4v) is 6.27. The Balaban J connectivity index is 1.09. The van der Waals surface area contributed by atoms with Crippen LogP contribution in [0.25, 0.3) is 44.5 Å². The van der Waals surface area contributed by atoms with E-state index in [1.807, 2.05) is 0 Å². The maximum Gasteiger partial charge on any atom is 0.0411 e. The summed E-state index contributed by atoms with van der Waals surface area (Å²) < 4.78 is 0. The highest BCUT2D eigenvalue weighted by molar-refractivity contribution is 5.83. The van der Waals surface area contributed by atoms with Crippen molar-refractivity contribution in [1.29, 1.82) is 0 Å². The van der Waals surface area contributed by atoms with E-state index in [1.54, 1.807) is 0 Å². The summed E-state index contributed by atoms with van der Waals surface area (Å²) >= 11 is 0. The first-order valence-corrected chi connectivity index (χ1v) is 14.3. The number of rotatable bonds is 5. The van der Waals surface area contributed by atoms with Gasteiger partial charge in [0.25, 0.3) is 0 Å². The van der Waals surface area contributed by atoms with Crippen molar-refractivity contribution in [3.8, 4) is 44.5 Å². The van der Waals surface area contributed by atoms with Gasteiger partial charge in [-0.1, -0.05) is 135 Å². The summed E-state index contributed by atoms with van der Waals surface area (Å²) in [5, 5.41) is 0. The molecule has 6 aromatic rings. The number of benzene rings is 6. The highest BCUT2D eigenvalue weighted by Crippen LogP contribution is 2.49. The molecule has 0 spiro atoms. The molecule has 0 radical (unpaired) electrons. The third-order valence-corrected chi connectivity index (χ3v) is 8.75. The van der Waals surface area contributed by atoms with Gasteiger partial charge in [-0.2, -0.15) is 0 Å². The van der Waals surface area contributed by atoms with E-state index in [-0.39, 0.29) is 5.41 Å². The van der Waals surface area contributed by atoms with Gasteiger partial charge in [0, 0.05) is 23.8 Å². The van der Waals surface area contributed by atoms with E-state index in [9.17, 15) is 0 Å². The standard InChI is InChI=1S/C40H33N/c1-40(2)38-12-8-7-11-36(38)37-26-25-35(27-39(37)40)41(3)34-23-21-33(22-24-34)32-19-17-31(18-20-32)30-15-13-29(14-16-30)28-9-5-4-6-10-28/h4-27H,1-3H3. The van der Waals surface area contributed by atoms with Crippen molar-refractivity contribution >= 4 is 11.4 Å². The number of anilines is 2. The van der Waals surface area contributed by atoms with Crippen LogP contribution >= 0.6 is 0 Å². The molecule has 198 valence electrons. The summed E-state index contributed by atoms with van der Waals surface area (Å²) in [5.74, 6) is 0. The molecule has 0 amide bonds. The quantitative estimate of drug-likeness (QED) is 0.215. The summed E-state index contributed by atoms with van der Waals surface area (Å²) in [7, 11) is 2.16. The molecule has 0 fully saturated rings. The van der Waals surface area contributed by atoms with Crippen LogP contribution in [0, 0.1) is 0 Å². The summed E-state index contributed by atoms with van der Waals surface area (Å²) in [6, 6.07) is 52.8. The fourth-order valence-electron chi connectivity index (χ4n) is 6.27. The second kappa shape index (κ2) is 9.94. The predicted octanol–water partition coefficient (Wildman–Crippen LogP) is 10.8. The molecule has 1 nitrogen and oxygen atoms in total. The van der Waals surface area contributed by atoms with Crippen molar-refractivity contribution in [3.05, 3.63) is 157 Å². The molecule has 0 saturated heterocycles. The van der Waals surface area contributed by atoms with Gasteiger partial charge < -0.3 is 4.90 Å². The highest BCUT2D eigenvalue weighted by atomic mass is 15.1. The SMILES string of the molecule is CN(c1ccc(-c2ccc(-c3ccc(-c4ccccc4)cc3)cc2)cc1)c1ccc2c(c1)C(C)(C)c1ccccc1-2. The van der Waals surface area contributed by atoms with Crippen LogP contribution in [0.1, 0.15) is 25.0 Å². The molecule has 6 aromatic carbocycles. The first-order valence-electron chi connectivity index (χ1n) is 14.3. The Labute approximate surface area is 243 Å². The van der Waals surface area contributed by atoms with Gasteiger partial charge in [-0.3, -0.25) is 0 Å². The zero-order valence-corrected chi connectivity index (χ0v) is 23.8.